The highest BCUT2D eigenvalue weighted by Crippen LogP contribution is 2.28. The lowest BCUT2D eigenvalue weighted by molar-refractivity contribution is -0.0324. The van der Waals surface area contributed by atoms with Gasteiger partial charge in [0.2, 0.25) is 0 Å². The third-order valence-electron chi connectivity index (χ3n) is 9.03. The second-order valence-electron chi connectivity index (χ2n) is 12.6. The van der Waals surface area contributed by atoms with Crippen LogP contribution in [0.3, 0.4) is 0 Å². The monoisotopic (exact) mass is 687 g/mol. The van der Waals surface area contributed by atoms with Gasteiger partial charge in [0.1, 0.15) is 36.2 Å². The highest BCUT2D eigenvalue weighted by Gasteiger charge is 2.36. The molecule has 1 aliphatic heterocycles. The number of piperazine rings is 1. The van der Waals surface area contributed by atoms with Crippen molar-refractivity contribution in [3.05, 3.63) is 130 Å². The first-order valence-electron chi connectivity index (χ1n) is 16.4. The lowest BCUT2D eigenvalue weighted by Crippen LogP contribution is -2.52. The number of aromatic nitrogens is 6. The number of carbonyl (C=O) groups is 1. The van der Waals surface area contributed by atoms with Crippen LogP contribution in [0.4, 0.5) is 8.78 Å². The van der Waals surface area contributed by atoms with Crippen LogP contribution in [0.25, 0.3) is 5.69 Å². The summed E-state index contributed by atoms with van der Waals surface area (Å²) in [5.74, 6) is -2.07. The lowest BCUT2D eigenvalue weighted by atomic mass is 9.92. The Morgan fingerprint density at radius 1 is 0.860 bits per heavy atom. The van der Waals surface area contributed by atoms with Gasteiger partial charge in [-0.3, -0.25) is 19.8 Å². The second kappa shape index (κ2) is 15.6. The first-order valence-corrected chi connectivity index (χ1v) is 16.4. The summed E-state index contributed by atoms with van der Waals surface area (Å²) in [6.07, 6.45) is 6.71. The molecule has 1 unspecified atom stereocenters. The Morgan fingerprint density at radius 3 is 2.26 bits per heavy atom. The van der Waals surface area contributed by atoms with E-state index in [0.717, 1.165) is 61.3 Å². The SMILES string of the molecule is O=C(NO)c1ccc(CCCCn2ncn(-c3ccc(CN4CCN(CC(O)(Cn5cncn5)c5ccc(F)cc5F)CC4)cc3)c2=O)cc1. The number of amides is 1. The van der Waals surface area contributed by atoms with Crippen molar-refractivity contribution in [3.8, 4) is 5.69 Å². The molecule has 6 rings (SSSR count). The minimum absolute atomic E-state index is 0.0118. The van der Waals surface area contributed by atoms with Gasteiger partial charge in [0.25, 0.3) is 5.91 Å². The number of carbonyl (C=O) groups excluding carboxylic acids is 1. The number of nitrogens with one attached hydrogen (secondary N) is 1. The number of hydrogen-bond acceptors (Lipinski definition) is 9. The third kappa shape index (κ3) is 8.37. The van der Waals surface area contributed by atoms with Crippen LogP contribution in [0, 0.1) is 11.6 Å². The Hall–Kier alpha value is -5.09. The average molecular weight is 688 g/mol. The van der Waals surface area contributed by atoms with Crippen LogP contribution in [-0.4, -0.2) is 87.9 Å². The molecule has 50 heavy (non-hydrogen) atoms. The molecule has 3 N–H and O–H groups in total. The summed E-state index contributed by atoms with van der Waals surface area (Å²) in [5, 5.41) is 28.8. The highest BCUT2D eigenvalue weighted by atomic mass is 19.1. The Bertz CT molecular complexity index is 1920. The maximum atomic E-state index is 14.8. The average Bonchev–Trinajstić information content (AvgIpc) is 3.76. The van der Waals surface area contributed by atoms with E-state index in [1.54, 1.807) is 17.6 Å². The molecule has 13 nitrogen and oxygen atoms in total. The molecule has 3 aromatic carbocycles. The first kappa shape index (κ1) is 34.8. The van der Waals surface area contributed by atoms with Gasteiger partial charge in [0.15, 0.2) is 0 Å². The number of hydroxylamine groups is 1. The van der Waals surface area contributed by atoms with E-state index in [1.807, 2.05) is 36.4 Å². The molecule has 1 fully saturated rings. The number of benzene rings is 3. The molecular weight excluding hydrogens is 648 g/mol. The fourth-order valence-corrected chi connectivity index (χ4v) is 6.31. The largest absolute Gasteiger partial charge is 0.382 e. The van der Waals surface area contributed by atoms with E-state index in [9.17, 15) is 23.5 Å². The smallest absolute Gasteiger partial charge is 0.350 e. The molecular formula is C35H39F2N9O4. The van der Waals surface area contributed by atoms with Crippen molar-refractivity contribution < 1.29 is 23.9 Å². The van der Waals surface area contributed by atoms with E-state index in [-0.39, 0.29) is 24.3 Å². The molecule has 0 aliphatic carbocycles. The zero-order valence-corrected chi connectivity index (χ0v) is 27.4. The number of unbranched alkanes of at least 4 members (excludes halogenated alkanes) is 1. The van der Waals surface area contributed by atoms with Crippen LogP contribution in [0.1, 0.15) is 39.9 Å². The summed E-state index contributed by atoms with van der Waals surface area (Å²) in [6.45, 7) is 4.04. The molecule has 0 bridgehead atoms. The second-order valence-corrected chi connectivity index (χ2v) is 12.6. The summed E-state index contributed by atoms with van der Waals surface area (Å²) in [6, 6.07) is 18.0. The van der Waals surface area contributed by atoms with E-state index in [2.05, 4.69) is 25.0 Å². The summed E-state index contributed by atoms with van der Waals surface area (Å²) in [7, 11) is 0. The number of halogens is 2. The highest BCUT2D eigenvalue weighted by molar-refractivity contribution is 5.93. The molecule has 262 valence electrons. The molecule has 0 spiro atoms. The summed E-state index contributed by atoms with van der Waals surface area (Å²) >= 11 is 0. The Labute approximate surface area is 287 Å². The third-order valence-corrected chi connectivity index (χ3v) is 9.03. The van der Waals surface area contributed by atoms with Crippen molar-refractivity contribution in [3.63, 3.8) is 0 Å². The molecule has 1 saturated heterocycles. The van der Waals surface area contributed by atoms with Gasteiger partial charge in [-0.25, -0.2) is 38.0 Å². The van der Waals surface area contributed by atoms with E-state index in [4.69, 9.17) is 5.21 Å². The van der Waals surface area contributed by atoms with Crippen LogP contribution < -0.4 is 11.2 Å². The number of aryl methyl sites for hydroxylation is 2. The van der Waals surface area contributed by atoms with Crippen LogP contribution >= 0.6 is 0 Å². The molecule has 3 heterocycles. The van der Waals surface area contributed by atoms with Gasteiger partial charge in [0.05, 0.1) is 12.2 Å². The molecule has 0 saturated carbocycles. The lowest BCUT2D eigenvalue weighted by Gasteiger charge is -2.39. The normalized spacial score (nSPS) is 15.2. The molecule has 1 amide bonds. The van der Waals surface area contributed by atoms with Crippen molar-refractivity contribution in [1.29, 1.82) is 0 Å². The molecule has 0 radical (unpaired) electrons. The zero-order valence-electron chi connectivity index (χ0n) is 27.4. The van der Waals surface area contributed by atoms with Crippen molar-refractivity contribution >= 4 is 5.91 Å². The standard InChI is InChI=1S/C35H39F2N9O4/c36-29-10-13-31(32(37)19-29)35(49,22-44-24-38-23-39-44)21-43-17-15-42(16-18-43)20-27-6-11-30(12-7-27)45-25-40-46(34(45)48)14-2-1-3-26-4-8-28(9-5-26)33(47)41-50/h4-13,19,23-25,49-50H,1-3,14-18,20-22H2,(H,41,47). The van der Waals surface area contributed by atoms with E-state index >= 15 is 0 Å². The molecule has 2 aromatic heterocycles. The minimum atomic E-state index is -1.65. The van der Waals surface area contributed by atoms with Crippen molar-refractivity contribution in [2.45, 2.75) is 44.5 Å². The maximum absolute atomic E-state index is 14.8. The maximum Gasteiger partial charge on any atom is 0.350 e. The predicted octanol–water partition coefficient (Wildman–Crippen LogP) is 2.75. The Balaban J connectivity index is 0.987. The zero-order chi connectivity index (χ0) is 35.1. The number of hydrogen-bond donors (Lipinski definition) is 3. The predicted molar refractivity (Wildman–Crippen MR) is 178 cm³/mol. The van der Waals surface area contributed by atoms with Gasteiger partial charge in [-0.15, -0.1) is 0 Å². The summed E-state index contributed by atoms with van der Waals surface area (Å²) in [4.78, 5) is 32.8. The summed E-state index contributed by atoms with van der Waals surface area (Å²) in [5.41, 5.74) is 3.02. The van der Waals surface area contributed by atoms with Crippen molar-refractivity contribution in [2.24, 2.45) is 0 Å². The quantitative estimate of drug-likeness (QED) is 0.0912. The van der Waals surface area contributed by atoms with E-state index < -0.39 is 23.1 Å². The number of aliphatic hydroxyl groups is 1. The molecule has 5 aromatic rings. The van der Waals surface area contributed by atoms with Crippen LogP contribution in [0.2, 0.25) is 0 Å². The van der Waals surface area contributed by atoms with Gasteiger partial charge in [0, 0.05) is 63.0 Å². The fourth-order valence-electron chi connectivity index (χ4n) is 6.31. The van der Waals surface area contributed by atoms with Crippen molar-refractivity contribution in [1.82, 2.24) is 44.4 Å². The van der Waals surface area contributed by atoms with Crippen molar-refractivity contribution in [2.75, 3.05) is 32.7 Å². The number of rotatable bonds is 14. The fraction of sp³-hybridized carbons (Fsp3) is 0.343. The first-order chi connectivity index (χ1) is 24.2. The van der Waals surface area contributed by atoms with Crippen LogP contribution in [0.15, 0.2) is 90.5 Å². The molecule has 1 atom stereocenters. The van der Waals surface area contributed by atoms with Gasteiger partial charge < -0.3 is 5.11 Å². The summed E-state index contributed by atoms with van der Waals surface area (Å²) < 4.78 is 32.9. The molecule has 15 heteroatoms. The minimum Gasteiger partial charge on any atom is -0.382 e. The van der Waals surface area contributed by atoms with E-state index in [1.165, 1.54) is 39.0 Å². The number of nitrogens with zero attached hydrogens (tertiary/aromatic N) is 8. The molecule has 1 aliphatic rings. The number of β-amino-alcohol motifs (C(OH)–C–C–N with tert-alkyl or cyclic N) is 1. The topological polar surface area (TPSA) is 147 Å². The van der Waals surface area contributed by atoms with Gasteiger partial charge in [-0.1, -0.05) is 30.3 Å². The Morgan fingerprint density at radius 2 is 1.58 bits per heavy atom. The van der Waals surface area contributed by atoms with Gasteiger partial charge >= 0.3 is 5.69 Å². The van der Waals surface area contributed by atoms with Gasteiger partial charge in [-0.05, 0) is 60.7 Å². The van der Waals surface area contributed by atoms with Crippen LogP contribution in [-0.2, 0) is 31.7 Å². The Kier molecular flexibility index (Phi) is 10.9. The van der Waals surface area contributed by atoms with E-state index in [0.29, 0.717) is 31.7 Å². The van der Waals surface area contributed by atoms with Crippen LogP contribution in [0.5, 0.6) is 0 Å². The van der Waals surface area contributed by atoms with Gasteiger partial charge in [-0.2, -0.15) is 10.2 Å².